The Balaban J connectivity index is 2.81. The van der Waals surface area contributed by atoms with Gasteiger partial charge in [0.1, 0.15) is 0 Å². The van der Waals surface area contributed by atoms with Crippen LogP contribution >= 0.6 is 0 Å². The first-order chi connectivity index (χ1) is 7.56. The fourth-order valence-electron chi connectivity index (χ4n) is 1.41. The van der Waals surface area contributed by atoms with E-state index in [2.05, 4.69) is 0 Å². The van der Waals surface area contributed by atoms with Crippen LogP contribution in [0.3, 0.4) is 0 Å². The van der Waals surface area contributed by atoms with Crippen LogP contribution in [0.5, 0.6) is 0 Å². The quantitative estimate of drug-likeness (QED) is 0.612. The Hall–Kier alpha value is -1.48. The van der Waals surface area contributed by atoms with Crippen molar-refractivity contribution in [1.82, 2.24) is 0 Å². The summed E-state index contributed by atoms with van der Waals surface area (Å²) in [6.07, 6.45) is 0.406. The molecule has 0 saturated heterocycles. The maximum absolute atomic E-state index is 11.6. The number of Topliss-reactive ketones (excluding diaryl/α,β-unsaturated/α-hetero) is 2. The van der Waals surface area contributed by atoms with E-state index in [0.717, 1.165) is 5.56 Å². The second-order valence-electron chi connectivity index (χ2n) is 3.80. The fourth-order valence-corrected chi connectivity index (χ4v) is 1.41. The summed E-state index contributed by atoms with van der Waals surface area (Å²) in [5.74, 6) is -0.800. The average molecular weight is 220 g/mol. The van der Waals surface area contributed by atoms with Crippen LogP contribution in [-0.4, -0.2) is 16.7 Å². The zero-order valence-corrected chi connectivity index (χ0v) is 9.56. The molecule has 0 saturated carbocycles. The van der Waals surface area contributed by atoms with E-state index in [1.807, 2.05) is 6.92 Å². The summed E-state index contributed by atoms with van der Waals surface area (Å²) in [5.41, 5.74) is 1.13. The molecule has 1 rings (SSSR count). The molecular weight excluding hydrogens is 204 g/mol. The van der Waals surface area contributed by atoms with Crippen molar-refractivity contribution in [2.45, 2.75) is 32.8 Å². The third-order valence-electron chi connectivity index (χ3n) is 2.39. The number of carbonyl (C=O) groups is 2. The van der Waals surface area contributed by atoms with Crippen molar-refractivity contribution in [3.8, 4) is 0 Å². The van der Waals surface area contributed by atoms with Gasteiger partial charge >= 0.3 is 0 Å². The smallest absolute Gasteiger partial charge is 0.228 e. The van der Waals surface area contributed by atoms with Crippen molar-refractivity contribution < 1.29 is 14.7 Å². The Morgan fingerprint density at radius 3 is 2.25 bits per heavy atom. The van der Waals surface area contributed by atoms with E-state index in [-0.39, 0.29) is 12.2 Å². The molecule has 0 amide bonds. The highest BCUT2D eigenvalue weighted by Crippen LogP contribution is 2.13. The van der Waals surface area contributed by atoms with E-state index in [1.165, 1.54) is 0 Å². The minimum absolute atomic E-state index is 0.289. The number of hydrogen-bond donors (Lipinski definition) is 1. The van der Waals surface area contributed by atoms with Gasteiger partial charge in [-0.15, -0.1) is 0 Å². The highest BCUT2D eigenvalue weighted by molar-refractivity contribution is 6.43. The van der Waals surface area contributed by atoms with Gasteiger partial charge in [-0.25, -0.2) is 0 Å². The molecule has 1 N–H and O–H groups in total. The molecule has 0 heterocycles. The number of aliphatic hydroxyl groups is 1. The molecule has 86 valence electrons. The van der Waals surface area contributed by atoms with Crippen molar-refractivity contribution in [2.24, 2.45) is 0 Å². The molecule has 0 aliphatic heterocycles. The van der Waals surface area contributed by atoms with Crippen molar-refractivity contribution in [2.75, 3.05) is 0 Å². The summed E-state index contributed by atoms with van der Waals surface area (Å²) in [6.45, 7) is 3.51. The molecule has 0 bridgehead atoms. The summed E-state index contributed by atoms with van der Waals surface area (Å²) in [7, 11) is 0. The molecule has 16 heavy (non-hydrogen) atoms. The zero-order chi connectivity index (χ0) is 12.1. The third kappa shape index (κ3) is 3.00. The molecule has 1 unspecified atom stereocenters. The second kappa shape index (κ2) is 5.56. The Morgan fingerprint density at radius 2 is 1.81 bits per heavy atom. The van der Waals surface area contributed by atoms with Gasteiger partial charge in [0.05, 0.1) is 6.10 Å². The highest BCUT2D eigenvalue weighted by atomic mass is 16.3. The number of carbonyl (C=O) groups excluding carboxylic acids is 2. The van der Waals surface area contributed by atoms with Gasteiger partial charge < -0.3 is 5.11 Å². The Kier molecular flexibility index (Phi) is 4.38. The topological polar surface area (TPSA) is 54.4 Å². The predicted octanol–water partition coefficient (Wildman–Crippen LogP) is 2.29. The molecule has 0 radical (unpaired) electrons. The number of benzene rings is 1. The van der Waals surface area contributed by atoms with Crippen LogP contribution in [0, 0.1) is 0 Å². The summed E-state index contributed by atoms with van der Waals surface area (Å²) >= 11 is 0. The van der Waals surface area contributed by atoms with Gasteiger partial charge in [0.25, 0.3) is 0 Å². The fraction of sp³-hybridized carbons (Fsp3) is 0.385. The number of hydrogen-bond acceptors (Lipinski definition) is 3. The number of rotatable bonds is 5. The normalized spacial score (nSPS) is 12.2. The third-order valence-corrected chi connectivity index (χ3v) is 2.39. The molecule has 3 heteroatoms. The van der Waals surface area contributed by atoms with E-state index < -0.39 is 11.9 Å². The molecule has 3 nitrogen and oxygen atoms in total. The SMILES string of the molecule is CCCC(=O)C(=O)c1ccc(C(C)O)cc1. The van der Waals surface area contributed by atoms with Crippen molar-refractivity contribution in [1.29, 1.82) is 0 Å². The van der Waals surface area contributed by atoms with Crippen LogP contribution in [0.4, 0.5) is 0 Å². The van der Waals surface area contributed by atoms with Crippen molar-refractivity contribution >= 4 is 11.6 Å². The first-order valence-corrected chi connectivity index (χ1v) is 5.41. The number of aliphatic hydroxyl groups excluding tert-OH is 1. The number of ketones is 2. The molecular formula is C13H16O3. The highest BCUT2D eigenvalue weighted by Gasteiger charge is 2.14. The summed E-state index contributed by atoms with van der Waals surface area (Å²) in [6, 6.07) is 6.49. The lowest BCUT2D eigenvalue weighted by Crippen LogP contribution is -2.13. The van der Waals surface area contributed by atoms with Crippen LogP contribution < -0.4 is 0 Å². The monoisotopic (exact) mass is 220 g/mol. The van der Waals surface area contributed by atoms with Gasteiger partial charge in [-0.2, -0.15) is 0 Å². The first kappa shape index (κ1) is 12.6. The van der Waals surface area contributed by atoms with Crippen LogP contribution in [0.15, 0.2) is 24.3 Å². The minimum Gasteiger partial charge on any atom is -0.389 e. The first-order valence-electron chi connectivity index (χ1n) is 5.41. The molecule has 0 aromatic heterocycles. The Bertz CT molecular complexity index is 377. The van der Waals surface area contributed by atoms with Crippen LogP contribution in [0.25, 0.3) is 0 Å². The molecule has 0 spiro atoms. The largest absolute Gasteiger partial charge is 0.389 e. The van der Waals surface area contributed by atoms with Gasteiger partial charge in [-0.1, -0.05) is 31.2 Å². The Labute approximate surface area is 95.1 Å². The lowest BCUT2D eigenvalue weighted by atomic mass is 10.0. The molecule has 1 aromatic rings. The molecule has 0 aliphatic rings. The van der Waals surface area contributed by atoms with Crippen molar-refractivity contribution in [3.05, 3.63) is 35.4 Å². The second-order valence-corrected chi connectivity index (χ2v) is 3.80. The zero-order valence-electron chi connectivity index (χ0n) is 9.56. The molecule has 0 fully saturated rings. The van der Waals surface area contributed by atoms with Crippen LogP contribution in [-0.2, 0) is 4.79 Å². The van der Waals surface area contributed by atoms with Crippen molar-refractivity contribution in [3.63, 3.8) is 0 Å². The van der Waals surface area contributed by atoms with E-state index in [4.69, 9.17) is 0 Å². The van der Waals surface area contributed by atoms with E-state index in [0.29, 0.717) is 12.0 Å². The van der Waals surface area contributed by atoms with Gasteiger partial charge in [-0.05, 0) is 18.9 Å². The minimum atomic E-state index is -0.560. The summed E-state index contributed by atoms with van der Waals surface area (Å²) in [5, 5.41) is 9.29. The van der Waals surface area contributed by atoms with E-state index >= 15 is 0 Å². The average Bonchev–Trinajstić information content (AvgIpc) is 2.28. The van der Waals surface area contributed by atoms with Gasteiger partial charge in [0.2, 0.25) is 11.6 Å². The lowest BCUT2D eigenvalue weighted by molar-refractivity contribution is -0.115. The molecule has 1 aromatic carbocycles. The van der Waals surface area contributed by atoms with E-state index in [9.17, 15) is 14.7 Å². The maximum Gasteiger partial charge on any atom is 0.228 e. The predicted molar refractivity (Wildman–Crippen MR) is 61.3 cm³/mol. The maximum atomic E-state index is 11.6. The summed E-state index contributed by atoms with van der Waals surface area (Å²) in [4.78, 5) is 23.0. The summed E-state index contributed by atoms with van der Waals surface area (Å²) < 4.78 is 0. The van der Waals surface area contributed by atoms with Gasteiger partial charge in [-0.3, -0.25) is 9.59 Å². The van der Waals surface area contributed by atoms with E-state index in [1.54, 1.807) is 31.2 Å². The van der Waals surface area contributed by atoms with Crippen LogP contribution in [0.1, 0.15) is 48.7 Å². The standard InChI is InChI=1S/C13H16O3/c1-3-4-12(15)13(16)11-7-5-10(6-8-11)9(2)14/h5-9,14H,3-4H2,1-2H3. The van der Waals surface area contributed by atoms with Gasteiger partial charge in [0, 0.05) is 12.0 Å². The Morgan fingerprint density at radius 1 is 1.25 bits per heavy atom. The van der Waals surface area contributed by atoms with Crippen LogP contribution in [0.2, 0.25) is 0 Å². The molecule has 0 aliphatic carbocycles. The van der Waals surface area contributed by atoms with Gasteiger partial charge in [0.15, 0.2) is 0 Å². The lowest BCUT2D eigenvalue weighted by Gasteiger charge is -2.05. The molecule has 1 atom stereocenters.